The molecule has 3 aromatic heterocycles. The van der Waals surface area contributed by atoms with Crippen molar-refractivity contribution in [2.45, 2.75) is 36.2 Å². The maximum Gasteiger partial charge on any atom is 0.250 e. The second kappa shape index (κ2) is 8.46. The van der Waals surface area contributed by atoms with E-state index in [0.717, 1.165) is 17.2 Å². The normalized spacial score (nSPS) is 30.5. The molecular formula is C17H21N7O7. The van der Waals surface area contributed by atoms with E-state index in [1.807, 2.05) is 0 Å². The number of aromatic nitrogens is 5. The summed E-state index contributed by atoms with van der Waals surface area (Å²) in [6.07, 6.45) is -4.54. The van der Waals surface area contributed by atoms with Gasteiger partial charge in [-0.15, -0.1) is 0 Å². The van der Waals surface area contributed by atoms with Crippen molar-refractivity contribution >= 4 is 22.9 Å². The second-order valence-corrected chi connectivity index (χ2v) is 6.80. The van der Waals surface area contributed by atoms with E-state index in [4.69, 9.17) is 11.5 Å². The molecule has 0 aromatic carbocycles. The van der Waals surface area contributed by atoms with E-state index >= 15 is 0 Å². The highest BCUT2D eigenvalue weighted by atomic mass is 16.4. The van der Waals surface area contributed by atoms with Crippen molar-refractivity contribution in [2.24, 2.45) is 5.73 Å². The van der Waals surface area contributed by atoms with Crippen molar-refractivity contribution in [1.82, 2.24) is 24.5 Å². The third kappa shape index (κ3) is 3.78. The monoisotopic (exact) mass is 435 g/mol. The van der Waals surface area contributed by atoms with Gasteiger partial charge in [0.2, 0.25) is 11.6 Å². The molecule has 0 spiro atoms. The minimum atomic E-state index is -2.58. The molecule has 3 aromatic rings. The second-order valence-electron chi connectivity index (χ2n) is 6.80. The van der Waals surface area contributed by atoms with Crippen molar-refractivity contribution in [2.75, 3.05) is 5.73 Å². The van der Waals surface area contributed by atoms with E-state index in [9.17, 15) is 35.4 Å². The smallest absolute Gasteiger partial charge is 0.250 e. The lowest BCUT2D eigenvalue weighted by Gasteiger charge is -2.47. The summed E-state index contributed by atoms with van der Waals surface area (Å²) >= 11 is 0. The van der Waals surface area contributed by atoms with E-state index in [0.29, 0.717) is 5.56 Å². The zero-order valence-corrected chi connectivity index (χ0v) is 15.8. The number of hydrogen-bond donors (Lipinski definition) is 8. The number of anilines is 1. The average Bonchev–Trinajstić information content (AvgIpc) is 3.22. The van der Waals surface area contributed by atoms with Gasteiger partial charge in [-0.2, -0.15) is 0 Å². The molecule has 0 radical (unpaired) electrons. The number of amides is 1. The molecule has 1 aliphatic carbocycles. The van der Waals surface area contributed by atoms with Crippen molar-refractivity contribution < 1.29 is 35.4 Å². The number of primary amides is 1. The lowest BCUT2D eigenvalue weighted by Crippen LogP contribution is -2.71. The summed E-state index contributed by atoms with van der Waals surface area (Å²) in [5, 5.41) is 60.0. The Morgan fingerprint density at radius 1 is 1.03 bits per heavy atom. The fourth-order valence-corrected chi connectivity index (χ4v) is 3.16. The fraction of sp³-hybridized carbons (Fsp3) is 0.353. The van der Waals surface area contributed by atoms with Crippen molar-refractivity contribution in [3.05, 3.63) is 42.7 Å². The fourth-order valence-electron chi connectivity index (χ4n) is 3.16. The minimum absolute atomic E-state index is 0.00766. The van der Waals surface area contributed by atoms with Crippen LogP contribution in [0.3, 0.4) is 0 Å². The summed E-state index contributed by atoms with van der Waals surface area (Å²) in [4.78, 5) is 25.5. The van der Waals surface area contributed by atoms with Gasteiger partial charge in [-0.1, -0.05) is 0 Å². The highest BCUT2D eigenvalue weighted by Crippen LogP contribution is 2.36. The molecule has 4 rings (SSSR count). The van der Waals surface area contributed by atoms with E-state index in [2.05, 4.69) is 19.9 Å². The summed E-state index contributed by atoms with van der Waals surface area (Å²) in [5.74, 6) is -0.434. The van der Waals surface area contributed by atoms with Gasteiger partial charge >= 0.3 is 0 Å². The Kier molecular flexibility index (Phi) is 6.12. The molecule has 31 heavy (non-hydrogen) atoms. The topological polar surface area (TPSA) is 247 Å². The molecule has 0 bridgehead atoms. The van der Waals surface area contributed by atoms with Crippen molar-refractivity contribution in [1.29, 1.82) is 0 Å². The number of hydrogen-bond acceptors (Lipinski definition) is 12. The van der Waals surface area contributed by atoms with Crippen LogP contribution in [0.2, 0.25) is 0 Å². The van der Waals surface area contributed by atoms with E-state index in [1.54, 1.807) is 18.3 Å². The van der Waals surface area contributed by atoms with Crippen LogP contribution in [0.25, 0.3) is 11.2 Å². The summed E-state index contributed by atoms with van der Waals surface area (Å²) in [7, 11) is 0. The van der Waals surface area contributed by atoms with Crippen LogP contribution < -0.4 is 11.5 Å². The van der Waals surface area contributed by atoms with Gasteiger partial charge in [0.15, 0.2) is 11.5 Å². The van der Waals surface area contributed by atoms with E-state index in [1.165, 1.54) is 6.20 Å². The molecule has 3 heterocycles. The van der Waals surface area contributed by atoms with Crippen LogP contribution in [0.15, 0.2) is 37.2 Å². The van der Waals surface area contributed by atoms with Gasteiger partial charge in [-0.3, -0.25) is 14.3 Å². The van der Waals surface area contributed by atoms with Gasteiger partial charge in [0.1, 0.15) is 42.4 Å². The van der Waals surface area contributed by atoms with Crippen molar-refractivity contribution in [3.63, 3.8) is 0 Å². The summed E-state index contributed by atoms with van der Waals surface area (Å²) in [5.41, 5.74) is 8.50. The predicted octanol–water partition coefficient (Wildman–Crippen LogP) is -3.95. The number of imidazole rings is 1. The molecule has 6 atom stereocenters. The van der Waals surface area contributed by atoms with Crippen LogP contribution in [-0.2, 0) is 5.72 Å². The van der Waals surface area contributed by atoms with Gasteiger partial charge in [-0.05, 0) is 12.1 Å². The third-order valence-corrected chi connectivity index (χ3v) is 4.91. The largest absolute Gasteiger partial charge is 0.387 e. The van der Waals surface area contributed by atoms with Crippen LogP contribution >= 0.6 is 0 Å². The first-order valence-electron chi connectivity index (χ1n) is 8.87. The van der Waals surface area contributed by atoms with Crippen LogP contribution in [0, 0.1) is 0 Å². The molecule has 0 saturated heterocycles. The number of nitrogen functional groups attached to an aromatic ring is 1. The summed E-state index contributed by atoms with van der Waals surface area (Å²) in [6.45, 7) is 0. The van der Waals surface area contributed by atoms with E-state index in [-0.39, 0.29) is 17.0 Å². The number of rotatable bonds is 2. The standard InChI is InChI=1S/C11H15N5O6.C6H6N2O/c12-9-3-10(14-1-13-9)16(2-15-3)11(22)7(20)5(18)4(17)6(19)8(11)21;7-6(9)5-2-1-3-8-4-5/h1-2,4-8,17-22H,(H2,12,13,14);1-4H,(H2,7,9)/t4-,5-,6+,7-,8-,11+;/m1./s1. The highest BCUT2D eigenvalue weighted by Gasteiger charge is 2.59. The molecule has 14 nitrogen and oxygen atoms in total. The Labute approximate surface area is 174 Å². The minimum Gasteiger partial charge on any atom is -0.387 e. The maximum atomic E-state index is 10.7. The number of nitrogens with two attached hydrogens (primary N) is 2. The van der Waals surface area contributed by atoms with E-state index < -0.39 is 42.2 Å². The van der Waals surface area contributed by atoms with Crippen LogP contribution in [0.4, 0.5) is 5.82 Å². The Balaban J connectivity index is 0.000000254. The molecule has 1 saturated carbocycles. The number of pyridine rings is 1. The van der Waals surface area contributed by atoms with Crippen LogP contribution in [0.1, 0.15) is 10.4 Å². The molecule has 166 valence electrons. The highest BCUT2D eigenvalue weighted by molar-refractivity contribution is 5.92. The zero-order valence-electron chi connectivity index (χ0n) is 15.8. The van der Waals surface area contributed by atoms with Gasteiger partial charge in [0, 0.05) is 12.4 Å². The van der Waals surface area contributed by atoms with Crippen LogP contribution in [0.5, 0.6) is 0 Å². The third-order valence-electron chi connectivity index (χ3n) is 4.91. The number of carbonyl (C=O) groups is 1. The van der Waals surface area contributed by atoms with Crippen molar-refractivity contribution in [3.8, 4) is 0 Å². The molecule has 0 aliphatic heterocycles. The predicted molar refractivity (Wildman–Crippen MR) is 103 cm³/mol. The maximum absolute atomic E-state index is 10.7. The summed E-state index contributed by atoms with van der Waals surface area (Å²) in [6, 6.07) is 3.29. The molecule has 0 unspecified atom stereocenters. The molecule has 1 amide bonds. The number of carbonyl (C=O) groups excluding carboxylic acids is 1. The molecule has 1 aliphatic rings. The molecule has 10 N–H and O–H groups in total. The van der Waals surface area contributed by atoms with Gasteiger partial charge in [0.25, 0.3) is 0 Å². The number of aliphatic hydroxyl groups is 6. The molecular weight excluding hydrogens is 414 g/mol. The first-order valence-corrected chi connectivity index (χ1v) is 8.87. The Hall–Kier alpha value is -3.27. The number of fused-ring (bicyclic) bond motifs is 1. The first kappa shape index (κ1) is 22.4. The number of aliphatic hydroxyl groups excluding tert-OH is 5. The molecule has 14 heteroatoms. The van der Waals surface area contributed by atoms with Gasteiger partial charge in [0.05, 0.1) is 11.9 Å². The first-order chi connectivity index (χ1) is 14.6. The Bertz CT molecular complexity index is 1050. The molecule has 1 fully saturated rings. The lowest BCUT2D eigenvalue weighted by atomic mass is 9.80. The number of nitrogens with zero attached hydrogens (tertiary/aromatic N) is 5. The van der Waals surface area contributed by atoms with Gasteiger partial charge in [-0.25, -0.2) is 15.0 Å². The lowest BCUT2D eigenvalue weighted by molar-refractivity contribution is -0.299. The SMILES string of the molecule is NC(=O)c1cccnc1.Nc1ncnc2c1ncn2[C@]1(O)[C@H](O)[C@H](O)[C@@H](O)[C@H](O)[C@H]1O. The average molecular weight is 435 g/mol. The Morgan fingerprint density at radius 3 is 2.19 bits per heavy atom. The van der Waals surface area contributed by atoms with Gasteiger partial charge < -0.3 is 42.1 Å². The van der Waals surface area contributed by atoms with Crippen LogP contribution in [-0.4, -0.2) is 91.6 Å². The summed E-state index contributed by atoms with van der Waals surface area (Å²) < 4.78 is 0.869. The Morgan fingerprint density at radius 2 is 1.68 bits per heavy atom. The zero-order chi connectivity index (χ0) is 22.9. The quantitative estimate of drug-likeness (QED) is 0.192.